The lowest BCUT2D eigenvalue weighted by Crippen LogP contribution is -2.29. The zero-order valence-electron chi connectivity index (χ0n) is 20.8. The maximum Gasteiger partial charge on any atom is 0.224 e. The van der Waals surface area contributed by atoms with Crippen molar-refractivity contribution in [1.82, 2.24) is 10.3 Å². The number of nitrogens with one attached hydrogen (secondary N) is 2. The summed E-state index contributed by atoms with van der Waals surface area (Å²) in [5, 5.41) is 7.63. The molecule has 2 atom stereocenters. The second-order valence-corrected chi connectivity index (χ2v) is 9.88. The lowest BCUT2D eigenvalue weighted by atomic mass is 10.0. The zero-order valence-corrected chi connectivity index (χ0v) is 22.4. The van der Waals surface area contributed by atoms with E-state index in [0.29, 0.717) is 16.6 Å². The Morgan fingerprint density at radius 1 is 1.11 bits per heavy atom. The standard InChI is InChI=1S/C29H27ClN4O2S/c1-4-26(35)32-22-11-10-20(15-18(22)3)34-28(27(33-29(34)37)23-7-5-6-14-31-23)25-13-12-24(36-25)21-16-19(30)9-8-17(21)2/h5-16,27-28H,4H2,1-3H3,(H,32,35)(H,33,37)/t27-,28-/m1/s1. The van der Waals surface area contributed by atoms with E-state index in [1.54, 1.807) is 6.20 Å². The molecule has 1 aliphatic heterocycles. The van der Waals surface area contributed by atoms with Crippen molar-refractivity contribution in [2.45, 2.75) is 39.3 Å². The van der Waals surface area contributed by atoms with Gasteiger partial charge in [-0.15, -0.1) is 0 Å². The quantitative estimate of drug-likeness (QED) is 0.258. The van der Waals surface area contributed by atoms with Crippen LogP contribution in [-0.4, -0.2) is 16.0 Å². The number of aromatic nitrogens is 1. The second kappa shape index (κ2) is 10.4. The minimum absolute atomic E-state index is 0.0262. The molecule has 2 aromatic heterocycles. The molecule has 37 heavy (non-hydrogen) atoms. The van der Waals surface area contributed by atoms with Gasteiger partial charge in [-0.1, -0.05) is 30.7 Å². The molecule has 5 rings (SSSR count). The number of benzene rings is 2. The number of anilines is 2. The third-order valence-electron chi connectivity index (χ3n) is 6.56. The monoisotopic (exact) mass is 530 g/mol. The van der Waals surface area contributed by atoms with E-state index in [-0.39, 0.29) is 18.0 Å². The maximum atomic E-state index is 11.9. The van der Waals surface area contributed by atoms with Crippen molar-refractivity contribution in [3.63, 3.8) is 0 Å². The molecule has 0 unspecified atom stereocenters. The van der Waals surface area contributed by atoms with Crippen LogP contribution >= 0.6 is 23.8 Å². The van der Waals surface area contributed by atoms with Crippen LogP contribution in [0.2, 0.25) is 5.02 Å². The van der Waals surface area contributed by atoms with Gasteiger partial charge < -0.3 is 20.0 Å². The Balaban J connectivity index is 1.58. The second-order valence-electron chi connectivity index (χ2n) is 9.06. The predicted octanol–water partition coefficient (Wildman–Crippen LogP) is 7.14. The largest absolute Gasteiger partial charge is 0.459 e. The minimum Gasteiger partial charge on any atom is -0.459 e. The third kappa shape index (κ3) is 4.97. The summed E-state index contributed by atoms with van der Waals surface area (Å²) in [5.74, 6) is 1.46. The van der Waals surface area contributed by atoms with Gasteiger partial charge in [0.1, 0.15) is 17.6 Å². The van der Waals surface area contributed by atoms with Crippen molar-refractivity contribution in [3.05, 3.63) is 101 Å². The number of thiocarbonyl (C=S) groups is 1. The van der Waals surface area contributed by atoms with E-state index >= 15 is 0 Å². The van der Waals surface area contributed by atoms with Crippen molar-refractivity contribution in [2.24, 2.45) is 0 Å². The Morgan fingerprint density at radius 2 is 1.95 bits per heavy atom. The Morgan fingerprint density at radius 3 is 2.68 bits per heavy atom. The van der Waals surface area contributed by atoms with E-state index in [4.69, 9.17) is 28.2 Å². The van der Waals surface area contributed by atoms with E-state index in [1.165, 1.54) is 0 Å². The highest BCUT2D eigenvalue weighted by Crippen LogP contribution is 2.43. The minimum atomic E-state index is -0.286. The topological polar surface area (TPSA) is 70.4 Å². The molecule has 0 aliphatic carbocycles. The number of aryl methyl sites for hydroxylation is 2. The van der Waals surface area contributed by atoms with Gasteiger partial charge in [0.25, 0.3) is 0 Å². The van der Waals surface area contributed by atoms with Gasteiger partial charge in [0, 0.05) is 34.6 Å². The molecule has 4 aromatic rings. The first-order valence-corrected chi connectivity index (χ1v) is 12.9. The summed E-state index contributed by atoms with van der Waals surface area (Å²) in [6, 6.07) is 21.0. The van der Waals surface area contributed by atoms with Crippen LogP contribution in [0.4, 0.5) is 11.4 Å². The van der Waals surface area contributed by atoms with Crippen LogP contribution in [0.5, 0.6) is 0 Å². The predicted molar refractivity (Wildman–Crippen MR) is 152 cm³/mol. The molecule has 1 saturated heterocycles. The molecule has 3 heterocycles. The van der Waals surface area contributed by atoms with Gasteiger partial charge in [-0.25, -0.2) is 0 Å². The fraction of sp³-hybridized carbons (Fsp3) is 0.207. The fourth-order valence-corrected chi connectivity index (χ4v) is 5.13. The first-order valence-electron chi connectivity index (χ1n) is 12.1. The molecule has 6 nitrogen and oxygen atoms in total. The number of carbonyl (C=O) groups excluding carboxylic acids is 1. The Bertz CT molecular complexity index is 1470. The molecular weight excluding hydrogens is 504 g/mol. The smallest absolute Gasteiger partial charge is 0.224 e. The van der Waals surface area contributed by atoms with Gasteiger partial charge in [0.05, 0.1) is 11.7 Å². The van der Waals surface area contributed by atoms with Crippen molar-refractivity contribution < 1.29 is 9.21 Å². The van der Waals surface area contributed by atoms with E-state index in [2.05, 4.69) is 20.5 Å². The summed E-state index contributed by atoms with van der Waals surface area (Å²) in [5.41, 5.74) is 5.49. The van der Waals surface area contributed by atoms with Crippen molar-refractivity contribution in [2.75, 3.05) is 10.2 Å². The lowest BCUT2D eigenvalue weighted by molar-refractivity contribution is -0.115. The normalized spacial score (nSPS) is 17.1. The molecule has 0 spiro atoms. The zero-order chi connectivity index (χ0) is 26.1. The average molecular weight is 531 g/mol. The summed E-state index contributed by atoms with van der Waals surface area (Å²) in [6.07, 6.45) is 2.19. The number of furan rings is 1. The van der Waals surface area contributed by atoms with Crippen molar-refractivity contribution in [1.29, 1.82) is 0 Å². The van der Waals surface area contributed by atoms with Gasteiger partial charge >= 0.3 is 0 Å². The summed E-state index contributed by atoms with van der Waals surface area (Å²) < 4.78 is 6.48. The molecule has 1 fully saturated rings. The number of halogens is 1. The highest BCUT2D eigenvalue weighted by Gasteiger charge is 2.42. The Kier molecular flexibility index (Phi) is 7.00. The highest BCUT2D eigenvalue weighted by atomic mass is 35.5. The van der Waals surface area contributed by atoms with Crippen LogP contribution in [0.1, 0.15) is 48.0 Å². The number of hydrogen-bond donors (Lipinski definition) is 2. The van der Waals surface area contributed by atoms with Gasteiger partial charge in [0.2, 0.25) is 5.91 Å². The van der Waals surface area contributed by atoms with Crippen LogP contribution < -0.4 is 15.5 Å². The molecule has 1 aliphatic rings. The van der Waals surface area contributed by atoms with E-state index < -0.39 is 0 Å². The molecule has 0 radical (unpaired) electrons. The van der Waals surface area contributed by atoms with Gasteiger partial charge in [-0.05, 0) is 91.8 Å². The lowest BCUT2D eigenvalue weighted by Gasteiger charge is -2.27. The van der Waals surface area contributed by atoms with Gasteiger partial charge in [-0.3, -0.25) is 9.78 Å². The van der Waals surface area contributed by atoms with Crippen molar-refractivity contribution in [3.8, 4) is 11.3 Å². The average Bonchev–Trinajstić information content (AvgIpc) is 3.51. The summed E-state index contributed by atoms with van der Waals surface area (Å²) >= 11 is 12.1. The Labute approximate surface area is 226 Å². The first kappa shape index (κ1) is 25.0. The highest BCUT2D eigenvalue weighted by molar-refractivity contribution is 7.80. The van der Waals surface area contributed by atoms with Gasteiger partial charge in [0.15, 0.2) is 5.11 Å². The molecule has 0 bridgehead atoms. The molecular formula is C29H27ClN4O2S. The number of pyridine rings is 1. The van der Waals surface area contributed by atoms with Crippen LogP contribution in [-0.2, 0) is 4.79 Å². The first-order chi connectivity index (χ1) is 17.9. The molecule has 0 saturated carbocycles. The van der Waals surface area contributed by atoms with E-state index in [1.807, 2.05) is 87.5 Å². The number of amides is 1. The van der Waals surface area contributed by atoms with E-state index in [0.717, 1.165) is 45.3 Å². The SMILES string of the molecule is CCC(=O)Nc1ccc(N2C(=S)N[C@H](c3ccccn3)[C@H]2c2ccc(-c3cc(Cl)ccc3C)o2)cc1C. The van der Waals surface area contributed by atoms with Crippen molar-refractivity contribution >= 4 is 46.2 Å². The fourth-order valence-electron chi connectivity index (χ4n) is 4.61. The number of carbonyl (C=O) groups is 1. The summed E-state index contributed by atoms with van der Waals surface area (Å²) in [4.78, 5) is 18.6. The molecule has 8 heteroatoms. The van der Waals surface area contributed by atoms with Crippen LogP contribution in [0, 0.1) is 13.8 Å². The maximum absolute atomic E-state index is 11.9. The summed E-state index contributed by atoms with van der Waals surface area (Å²) in [6.45, 7) is 5.84. The molecule has 2 aromatic carbocycles. The third-order valence-corrected chi connectivity index (χ3v) is 7.11. The van der Waals surface area contributed by atoms with Crippen LogP contribution in [0.25, 0.3) is 11.3 Å². The molecule has 1 amide bonds. The van der Waals surface area contributed by atoms with E-state index in [9.17, 15) is 4.79 Å². The molecule has 2 N–H and O–H groups in total. The van der Waals surface area contributed by atoms with Crippen LogP contribution in [0.3, 0.4) is 0 Å². The number of nitrogens with zero attached hydrogens (tertiary/aromatic N) is 2. The number of hydrogen-bond acceptors (Lipinski definition) is 4. The number of rotatable bonds is 6. The molecule has 188 valence electrons. The summed E-state index contributed by atoms with van der Waals surface area (Å²) in [7, 11) is 0. The Hall–Kier alpha value is -3.68. The van der Waals surface area contributed by atoms with Crippen LogP contribution in [0.15, 0.2) is 77.3 Å². The van der Waals surface area contributed by atoms with Gasteiger partial charge in [-0.2, -0.15) is 0 Å².